The van der Waals surface area contributed by atoms with E-state index in [0.29, 0.717) is 40.0 Å². The Bertz CT molecular complexity index is 1400. The summed E-state index contributed by atoms with van der Waals surface area (Å²) < 4.78 is 11.5. The number of nitrogens with two attached hydrogens (primary N) is 1. The van der Waals surface area contributed by atoms with Crippen molar-refractivity contribution < 1.29 is 13.9 Å². The van der Waals surface area contributed by atoms with Crippen LogP contribution in [0.2, 0.25) is 5.02 Å². The number of hydrogen-bond donors (Lipinski definition) is 3. The summed E-state index contributed by atoms with van der Waals surface area (Å²) in [6, 6.07) is 14.5. The first kappa shape index (κ1) is 25.7. The molecule has 0 aliphatic heterocycles. The molecule has 0 aliphatic rings. The minimum Gasteiger partial charge on any atom is -0.454 e. The topological polar surface area (TPSA) is 131 Å². The fraction of sp³-hybridized carbons (Fsp3) is 0.154. The summed E-state index contributed by atoms with van der Waals surface area (Å²) in [5, 5.41) is 6.36. The standard InChI is InChI=1S/C26H26ClN7O3/c1-34(2)13-7-12-23(35)29-14-17-16-36-25(31-17)18-15-30-26(33-24(18)28)32-20-9-4-6-11-22(20)37-21-10-5-3-8-19(21)27/h3-12,15-16H,13-14H2,1-2H3,(H,29,35)(H3,28,30,32,33)/b12-7+. The fourth-order valence-electron chi connectivity index (χ4n) is 3.16. The van der Waals surface area contributed by atoms with Gasteiger partial charge in [0.25, 0.3) is 0 Å². The van der Waals surface area contributed by atoms with Crippen molar-refractivity contribution in [3.63, 3.8) is 0 Å². The molecule has 11 heteroatoms. The van der Waals surface area contributed by atoms with Gasteiger partial charge in [0.05, 0.1) is 28.5 Å². The number of likely N-dealkylation sites (N-methyl/N-ethyl adjacent to an activating group) is 1. The van der Waals surface area contributed by atoms with Gasteiger partial charge in [0.2, 0.25) is 17.7 Å². The van der Waals surface area contributed by atoms with Crippen LogP contribution in [0.4, 0.5) is 17.5 Å². The lowest BCUT2D eigenvalue weighted by Gasteiger charge is -2.13. The molecule has 4 aromatic rings. The third-order valence-electron chi connectivity index (χ3n) is 4.97. The number of carbonyl (C=O) groups is 1. The van der Waals surface area contributed by atoms with Crippen LogP contribution in [0.25, 0.3) is 11.5 Å². The Hall–Kier alpha value is -4.41. The van der Waals surface area contributed by atoms with Crippen LogP contribution in [0.15, 0.2) is 77.6 Å². The van der Waals surface area contributed by atoms with E-state index in [1.54, 1.807) is 24.3 Å². The SMILES string of the molecule is CN(C)C/C=C/C(=O)NCc1coc(-c2cnc(Nc3ccccc3Oc3ccccc3Cl)nc2N)n1. The van der Waals surface area contributed by atoms with Gasteiger partial charge >= 0.3 is 0 Å². The molecule has 4 N–H and O–H groups in total. The largest absolute Gasteiger partial charge is 0.454 e. The summed E-state index contributed by atoms with van der Waals surface area (Å²) >= 11 is 6.22. The number of rotatable bonds is 10. The van der Waals surface area contributed by atoms with Gasteiger partial charge in [0.1, 0.15) is 17.8 Å². The lowest BCUT2D eigenvalue weighted by atomic mass is 10.3. The Kier molecular flexibility index (Phi) is 8.34. The Morgan fingerprint density at radius 1 is 1.14 bits per heavy atom. The second-order valence-corrected chi connectivity index (χ2v) is 8.58. The molecule has 1 amide bonds. The number of benzene rings is 2. The number of anilines is 3. The van der Waals surface area contributed by atoms with Gasteiger partial charge in [-0.05, 0) is 38.4 Å². The molecular formula is C26H26ClN7O3. The molecule has 0 radical (unpaired) electrons. The minimum atomic E-state index is -0.219. The lowest BCUT2D eigenvalue weighted by Crippen LogP contribution is -2.21. The van der Waals surface area contributed by atoms with Gasteiger partial charge in [0.15, 0.2) is 5.75 Å². The third kappa shape index (κ3) is 7.06. The second-order valence-electron chi connectivity index (χ2n) is 8.17. The van der Waals surface area contributed by atoms with E-state index < -0.39 is 0 Å². The van der Waals surface area contributed by atoms with Crippen LogP contribution in [0, 0.1) is 0 Å². The number of carbonyl (C=O) groups excluding carboxylic acids is 1. The average Bonchev–Trinajstić information content (AvgIpc) is 3.34. The molecule has 190 valence electrons. The monoisotopic (exact) mass is 519 g/mol. The van der Waals surface area contributed by atoms with Crippen LogP contribution < -0.4 is 21.1 Å². The van der Waals surface area contributed by atoms with Crippen molar-refractivity contribution in [1.82, 2.24) is 25.2 Å². The minimum absolute atomic E-state index is 0.172. The first-order valence-electron chi connectivity index (χ1n) is 11.3. The normalized spacial score (nSPS) is 11.1. The molecule has 0 saturated carbocycles. The second kappa shape index (κ2) is 12.0. The highest BCUT2D eigenvalue weighted by Gasteiger charge is 2.14. The summed E-state index contributed by atoms with van der Waals surface area (Å²) in [6.45, 7) is 0.878. The first-order valence-corrected chi connectivity index (χ1v) is 11.7. The van der Waals surface area contributed by atoms with Crippen molar-refractivity contribution >= 4 is 35.0 Å². The van der Waals surface area contributed by atoms with Gasteiger partial charge in [-0.3, -0.25) is 4.79 Å². The van der Waals surface area contributed by atoms with Gasteiger partial charge in [-0.1, -0.05) is 41.9 Å². The maximum Gasteiger partial charge on any atom is 0.244 e. The van der Waals surface area contributed by atoms with Gasteiger partial charge in [0, 0.05) is 18.8 Å². The summed E-state index contributed by atoms with van der Waals surface area (Å²) in [4.78, 5) is 26.9. The van der Waals surface area contributed by atoms with E-state index in [0.717, 1.165) is 0 Å². The van der Waals surface area contributed by atoms with Crippen molar-refractivity contribution in [2.45, 2.75) is 6.54 Å². The zero-order chi connectivity index (χ0) is 26.2. The van der Waals surface area contributed by atoms with Crippen LogP contribution >= 0.6 is 11.6 Å². The number of nitrogen functional groups attached to an aromatic ring is 1. The molecule has 0 aliphatic carbocycles. The molecule has 0 fully saturated rings. The average molecular weight is 520 g/mol. The van der Waals surface area contributed by atoms with Crippen molar-refractivity contribution in [3.05, 3.63) is 83.9 Å². The summed E-state index contributed by atoms with van der Waals surface area (Å²) in [7, 11) is 3.85. The Labute approximate surface area is 219 Å². The van der Waals surface area contributed by atoms with Crippen LogP contribution in [0.1, 0.15) is 5.69 Å². The number of ether oxygens (including phenoxy) is 1. The Morgan fingerprint density at radius 2 is 1.89 bits per heavy atom. The van der Waals surface area contributed by atoms with E-state index in [4.69, 9.17) is 26.5 Å². The van der Waals surface area contributed by atoms with Crippen LogP contribution in [-0.2, 0) is 11.3 Å². The van der Waals surface area contributed by atoms with E-state index in [-0.39, 0.29) is 30.1 Å². The summed E-state index contributed by atoms with van der Waals surface area (Å²) in [5.41, 5.74) is 7.77. The number of nitrogens with one attached hydrogen (secondary N) is 2. The highest BCUT2D eigenvalue weighted by atomic mass is 35.5. The number of amides is 1. The van der Waals surface area contributed by atoms with E-state index in [1.807, 2.05) is 49.3 Å². The smallest absolute Gasteiger partial charge is 0.244 e. The molecule has 2 heterocycles. The molecule has 0 atom stereocenters. The van der Waals surface area contributed by atoms with Gasteiger partial charge in [-0.2, -0.15) is 4.98 Å². The molecule has 10 nitrogen and oxygen atoms in total. The highest BCUT2D eigenvalue weighted by molar-refractivity contribution is 6.32. The molecule has 0 unspecified atom stereocenters. The van der Waals surface area contributed by atoms with Crippen molar-refractivity contribution in [3.8, 4) is 23.0 Å². The highest BCUT2D eigenvalue weighted by Crippen LogP contribution is 2.34. The quantitative estimate of drug-likeness (QED) is 0.256. The maximum absolute atomic E-state index is 11.9. The van der Waals surface area contributed by atoms with Gasteiger partial charge in [-0.25, -0.2) is 9.97 Å². The molecule has 4 rings (SSSR count). The van der Waals surface area contributed by atoms with E-state index in [2.05, 4.69) is 25.6 Å². The van der Waals surface area contributed by atoms with E-state index in [1.165, 1.54) is 18.5 Å². The number of nitrogens with zero attached hydrogens (tertiary/aromatic N) is 4. The lowest BCUT2D eigenvalue weighted by molar-refractivity contribution is -0.116. The predicted octanol–water partition coefficient (Wildman–Crippen LogP) is 4.64. The number of aromatic nitrogens is 3. The Balaban J connectivity index is 1.42. The number of hydrogen-bond acceptors (Lipinski definition) is 9. The molecule has 2 aromatic carbocycles. The van der Waals surface area contributed by atoms with Crippen molar-refractivity contribution in [2.75, 3.05) is 31.7 Å². The van der Waals surface area contributed by atoms with Gasteiger partial charge < -0.3 is 30.4 Å². The molecular weight excluding hydrogens is 494 g/mol. The van der Waals surface area contributed by atoms with E-state index in [9.17, 15) is 4.79 Å². The molecule has 2 aromatic heterocycles. The van der Waals surface area contributed by atoms with Crippen LogP contribution in [0.3, 0.4) is 0 Å². The predicted molar refractivity (Wildman–Crippen MR) is 143 cm³/mol. The van der Waals surface area contributed by atoms with Crippen molar-refractivity contribution in [1.29, 1.82) is 0 Å². The summed E-state index contributed by atoms with van der Waals surface area (Å²) in [6.07, 6.45) is 6.22. The van der Waals surface area contributed by atoms with Crippen LogP contribution in [-0.4, -0.2) is 46.4 Å². The van der Waals surface area contributed by atoms with Crippen LogP contribution in [0.5, 0.6) is 11.5 Å². The molecule has 0 spiro atoms. The maximum atomic E-state index is 11.9. The zero-order valence-corrected chi connectivity index (χ0v) is 21.1. The molecule has 37 heavy (non-hydrogen) atoms. The Morgan fingerprint density at radius 3 is 2.65 bits per heavy atom. The van der Waals surface area contributed by atoms with Crippen molar-refractivity contribution in [2.24, 2.45) is 0 Å². The third-order valence-corrected chi connectivity index (χ3v) is 5.29. The molecule has 0 bridgehead atoms. The van der Waals surface area contributed by atoms with E-state index >= 15 is 0 Å². The fourth-order valence-corrected chi connectivity index (χ4v) is 3.34. The summed E-state index contributed by atoms with van der Waals surface area (Å²) in [5.74, 6) is 1.53. The molecule has 0 saturated heterocycles. The zero-order valence-electron chi connectivity index (χ0n) is 20.3. The number of para-hydroxylation sites is 3. The number of halogens is 1. The first-order chi connectivity index (χ1) is 17.9. The van der Waals surface area contributed by atoms with Gasteiger partial charge in [-0.15, -0.1) is 0 Å². The number of oxazole rings is 1.